The average Bonchev–Trinajstić information content (AvgIpc) is 3.01. The van der Waals surface area contributed by atoms with Gasteiger partial charge in [-0.05, 0) is 30.9 Å². The fourth-order valence-electron chi connectivity index (χ4n) is 5.71. The Bertz CT molecular complexity index is 1270. The lowest BCUT2D eigenvalue weighted by Crippen LogP contribution is -2.55. The van der Waals surface area contributed by atoms with E-state index in [0.29, 0.717) is 44.2 Å². The number of hydrogen-bond donors (Lipinski definition) is 0. The van der Waals surface area contributed by atoms with E-state index >= 15 is 0 Å². The van der Waals surface area contributed by atoms with Crippen molar-refractivity contribution in [3.63, 3.8) is 0 Å². The van der Waals surface area contributed by atoms with Gasteiger partial charge in [-0.1, -0.05) is 74.5 Å². The van der Waals surface area contributed by atoms with E-state index in [9.17, 15) is 14.4 Å². The van der Waals surface area contributed by atoms with E-state index in [2.05, 4.69) is 4.90 Å². The van der Waals surface area contributed by atoms with Crippen molar-refractivity contribution < 1.29 is 14.4 Å². The second kappa shape index (κ2) is 12.6. The third kappa shape index (κ3) is 6.48. The van der Waals surface area contributed by atoms with Crippen molar-refractivity contribution >= 4 is 17.6 Å². The minimum atomic E-state index is -0.329. The topological polar surface area (TPSA) is 73.8 Å². The summed E-state index contributed by atoms with van der Waals surface area (Å²) < 4.78 is 0. The molecule has 7 heteroatoms. The molecule has 2 amide bonds. The number of rotatable bonds is 7. The minimum absolute atomic E-state index is 0.0282. The van der Waals surface area contributed by atoms with E-state index in [4.69, 9.17) is 4.98 Å². The molecule has 2 aromatic carbocycles. The van der Waals surface area contributed by atoms with Gasteiger partial charge in [0.1, 0.15) is 0 Å². The second-order valence-corrected chi connectivity index (χ2v) is 11.2. The zero-order valence-corrected chi connectivity index (χ0v) is 23.5. The van der Waals surface area contributed by atoms with Crippen molar-refractivity contribution in [3.8, 4) is 22.5 Å². The number of benzene rings is 2. The van der Waals surface area contributed by atoms with E-state index in [1.165, 1.54) is 0 Å². The van der Waals surface area contributed by atoms with Crippen LogP contribution in [0.25, 0.3) is 22.5 Å². The van der Waals surface area contributed by atoms with Crippen LogP contribution in [0.15, 0.2) is 72.8 Å². The molecule has 7 nitrogen and oxygen atoms in total. The predicted molar refractivity (Wildman–Crippen MR) is 157 cm³/mol. The maximum atomic E-state index is 13.7. The lowest BCUT2D eigenvalue weighted by Gasteiger charge is -2.42. The Morgan fingerprint density at radius 1 is 0.750 bits per heavy atom. The number of Topliss-reactive ketones (excluding diaryl/α,β-unsaturated/α-hetero) is 1. The summed E-state index contributed by atoms with van der Waals surface area (Å²) >= 11 is 0. The molecular formula is C33H38N4O3. The second-order valence-electron chi connectivity index (χ2n) is 11.2. The molecule has 3 heterocycles. The average molecular weight is 539 g/mol. The summed E-state index contributed by atoms with van der Waals surface area (Å²) in [6, 6.07) is 24.1. The smallest absolute Gasteiger partial charge is 0.289 e. The number of pyridine rings is 1. The molecule has 3 aromatic rings. The summed E-state index contributed by atoms with van der Waals surface area (Å²) in [5, 5.41) is 0. The molecule has 0 unspecified atom stereocenters. The van der Waals surface area contributed by atoms with Crippen molar-refractivity contribution in [3.05, 3.63) is 78.4 Å². The van der Waals surface area contributed by atoms with E-state index < -0.39 is 0 Å². The number of nitrogens with zero attached hydrogens (tertiary/aromatic N) is 4. The van der Waals surface area contributed by atoms with Gasteiger partial charge in [-0.15, -0.1) is 0 Å². The number of carbonyl (C=O) groups excluding carboxylic acids is 3. The standard InChI is InChI=1S/C33H38N4O3/c1-24(2)21-31(38)33(40)36-15-13-28(14-16-36)35-17-19-37(20-18-35)32(39)27-22-29(25-9-5-3-6-10-25)34-30(23-27)26-11-7-4-8-12-26/h3-12,22-24,28H,13-21H2,1-2H3. The fraction of sp³-hybridized carbons (Fsp3) is 0.394. The Balaban J connectivity index is 1.23. The lowest BCUT2D eigenvalue weighted by molar-refractivity contribution is -0.146. The first-order chi connectivity index (χ1) is 19.4. The molecule has 2 saturated heterocycles. The van der Waals surface area contributed by atoms with Gasteiger partial charge in [-0.25, -0.2) is 4.98 Å². The fourth-order valence-corrected chi connectivity index (χ4v) is 5.71. The molecule has 0 spiro atoms. The number of piperazine rings is 1. The van der Waals surface area contributed by atoms with E-state index in [1.807, 2.05) is 91.5 Å². The monoisotopic (exact) mass is 538 g/mol. The Hall–Kier alpha value is -3.84. The zero-order chi connectivity index (χ0) is 28.1. The van der Waals surface area contributed by atoms with Gasteiger partial charge in [0.2, 0.25) is 5.78 Å². The molecule has 2 aliphatic rings. The molecule has 208 valence electrons. The van der Waals surface area contributed by atoms with Crippen LogP contribution in [0.2, 0.25) is 0 Å². The van der Waals surface area contributed by atoms with Crippen molar-refractivity contribution in [2.45, 2.75) is 39.2 Å². The highest BCUT2D eigenvalue weighted by molar-refractivity contribution is 6.36. The summed E-state index contributed by atoms with van der Waals surface area (Å²) in [7, 11) is 0. The van der Waals surface area contributed by atoms with Gasteiger partial charge in [0.15, 0.2) is 0 Å². The highest BCUT2D eigenvalue weighted by Crippen LogP contribution is 2.26. The number of aromatic nitrogens is 1. The Kier molecular flexibility index (Phi) is 8.70. The number of amides is 2. The number of carbonyl (C=O) groups is 3. The van der Waals surface area contributed by atoms with Gasteiger partial charge in [0, 0.05) is 68.4 Å². The Morgan fingerprint density at radius 2 is 1.27 bits per heavy atom. The lowest BCUT2D eigenvalue weighted by atomic mass is 10.00. The number of ketones is 1. The van der Waals surface area contributed by atoms with Crippen LogP contribution >= 0.6 is 0 Å². The summed E-state index contributed by atoms with van der Waals surface area (Å²) in [4.78, 5) is 49.4. The Labute approximate surface area is 236 Å². The first-order valence-corrected chi connectivity index (χ1v) is 14.4. The van der Waals surface area contributed by atoms with Gasteiger partial charge in [-0.2, -0.15) is 0 Å². The molecule has 1 aromatic heterocycles. The molecule has 0 saturated carbocycles. The molecule has 40 heavy (non-hydrogen) atoms. The van der Waals surface area contributed by atoms with Crippen LogP contribution in [-0.2, 0) is 9.59 Å². The molecule has 2 aliphatic heterocycles. The third-order valence-electron chi connectivity index (χ3n) is 7.91. The largest absolute Gasteiger partial charge is 0.336 e. The van der Waals surface area contributed by atoms with Crippen LogP contribution in [0.3, 0.4) is 0 Å². The molecule has 0 radical (unpaired) electrons. The van der Waals surface area contributed by atoms with E-state index in [1.54, 1.807) is 4.90 Å². The van der Waals surface area contributed by atoms with Crippen molar-refractivity contribution in [2.24, 2.45) is 5.92 Å². The van der Waals surface area contributed by atoms with Crippen molar-refractivity contribution in [1.29, 1.82) is 0 Å². The minimum Gasteiger partial charge on any atom is -0.336 e. The summed E-state index contributed by atoms with van der Waals surface area (Å²) in [5.74, 6) is -0.386. The molecule has 5 rings (SSSR count). The maximum Gasteiger partial charge on any atom is 0.289 e. The molecule has 0 atom stereocenters. The zero-order valence-electron chi connectivity index (χ0n) is 23.5. The number of likely N-dealkylation sites (tertiary alicyclic amines) is 1. The number of hydrogen-bond acceptors (Lipinski definition) is 5. The quantitative estimate of drug-likeness (QED) is 0.405. The predicted octanol–water partition coefficient (Wildman–Crippen LogP) is 4.78. The highest BCUT2D eigenvalue weighted by Gasteiger charge is 2.32. The van der Waals surface area contributed by atoms with Crippen LogP contribution in [-0.4, -0.2) is 82.6 Å². The summed E-state index contributed by atoms with van der Waals surface area (Å²) in [6.45, 7) is 8.09. The summed E-state index contributed by atoms with van der Waals surface area (Å²) in [5.41, 5.74) is 4.19. The van der Waals surface area contributed by atoms with E-state index in [-0.39, 0.29) is 23.5 Å². The van der Waals surface area contributed by atoms with E-state index in [0.717, 1.165) is 48.4 Å². The molecule has 0 N–H and O–H groups in total. The van der Waals surface area contributed by atoms with Gasteiger partial charge < -0.3 is 9.80 Å². The Morgan fingerprint density at radius 3 is 1.77 bits per heavy atom. The van der Waals surface area contributed by atoms with Crippen LogP contribution in [0.5, 0.6) is 0 Å². The highest BCUT2D eigenvalue weighted by atomic mass is 16.2. The van der Waals surface area contributed by atoms with Gasteiger partial charge in [-0.3, -0.25) is 19.3 Å². The molecule has 2 fully saturated rings. The van der Waals surface area contributed by atoms with Crippen LogP contribution in [0.4, 0.5) is 0 Å². The third-order valence-corrected chi connectivity index (χ3v) is 7.91. The maximum absolute atomic E-state index is 13.7. The normalized spacial score (nSPS) is 16.8. The SMILES string of the molecule is CC(C)CC(=O)C(=O)N1CCC(N2CCN(C(=O)c3cc(-c4ccccc4)nc(-c4ccccc4)c3)CC2)CC1. The van der Waals surface area contributed by atoms with Gasteiger partial charge in [0.05, 0.1) is 11.4 Å². The first kappa shape index (κ1) is 27.7. The summed E-state index contributed by atoms with van der Waals surface area (Å²) in [6.07, 6.45) is 2.03. The molecule has 0 aliphatic carbocycles. The van der Waals surface area contributed by atoms with Crippen molar-refractivity contribution in [2.75, 3.05) is 39.3 Å². The van der Waals surface area contributed by atoms with Crippen molar-refractivity contribution in [1.82, 2.24) is 19.7 Å². The van der Waals surface area contributed by atoms with Crippen LogP contribution in [0.1, 0.15) is 43.5 Å². The molecule has 0 bridgehead atoms. The number of piperidine rings is 1. The van der Waals surface area contributed by atoms with Crippen LogP contribution < -0.4 is 0 Å². The van der Waals surface area contributed by atoms with Gasteiger partial charge in [0.25, 0.3) is 11.8 Å². The molecular weight excluding hydrogens is 500 g/mol. The first-order valence-electron chi connectivity index (χ1n) is 14.4. The van der Waals surface area contributed by atoms with Crippen LogP contribution in [0, 0.1) is 5.92 Å². The van der Waals surface area contributed by atoms with Gasteiger partial charge >= 0.3 is 0 Å².